The monoisotopic (exact) mass is 234 g/mol. The van der Waals surface area contributed by atoms with Gasteiger partial charge in [0.25, 0.3) is 11.8 Å². The van der Waals surface area contributed by atoms with Gasteiger partial charge in [0.2, 0.25) is 0 Å². The zero-order chi connectivity index (χ0) is 12.2. The Balaban J connectivity index is 2.81. The van der Waals surface area contributed by atoms with Gasteiger partial charge in [0.15, 0.2) is 0 Å². The average Bonchev–Trinajstić information content (AvgIpc) is 2.71. The van der Waals surface area contributed by atoms with E-state index in [0.717, 1.165) is 0 Å². The third kappa shape index (κ3) is 2.20. The molecule has 0 aromatic carbocycles. The lowest BCUT2D eigenvalue weighted by atomic mass is 10.2. The molecule has 94 valence electrons. The van der Waals surface area contributed by atoms with E-state index in [1.54, 1.807) is 6.92 Å². The molecule has 1 rings (SSSR count). The molecular formula is C10H18O6. The molecule has 0 N–H and O–H groups in total. The number of carbonyl (C=O) groups is 1. The van der Waals surface area contributed by atoms with E-state index in [0.29, 0.717) is 12.8 Å². The summed E-state index contributed by atoms with van der Waals surface area (Å²) >= 11 is 0. The van der Waals surface area contributed by atoms with E-state index in [2.05, 4.69) is 0 Å². The minimum Gasteiger partial charge on any atom is -0.462 e. The van der Waals surface area contributed by atoms with Crippen LogP contribution in [0.25, 0.3) is 0 Å². The van der Waals surface area contributed by atoms with Crippen LogP contribution in [-0.2, 0) is 28.5 Å². The highest BCUT2D eigenvalue weighted by atomic mass is 16.9. The van der Waals surface area contributed by atoms with Crippen molar-refractivity contribution in [1.29, 1.82) is 0 Å². The van der Waals surface area contributed by atoms with E-state index in [4.69, 9.17) is 23.7 Å². The lowest BCUT2D eigenvalue weighted by Crippen LogP contribution is -2.46. The van der Waals surface area contributed by atoms with Crippen molar-refractivity contribution < 1.29 is 28.5 Å². The Bertz CT molecular complexity index is 250. The molecule has 1 heterocycles. The molecule has 0 aromatic heterocycles. The van der Waals surface area contributed by atoms with Crippen molar-refractivity contribution in [3.63, 3.8) is 0 Å². The number of carbonyl (C=O) groups excluding carboxylic acids is 1. The fraction of sp³-hybridized carbons (Fsp3) is 0.900. The molecule has 1 saturated heterocycles. The van der Waals surface area contributed by atoms with Crippen LogP contribution in [0, 0.1) is 0 Å². The summed E-state index contributed by atoms with van der Waals surface area (Å²) in [6, 6.07) is 0. The van der Waals surface area contributed by atoms with Crippen molar-refractivity contribution in [3.8, 4) is 0 Å². The van der Waals surface area contributed by atoms with Gasteiger partial charge in [0.1, 0.15) is 0 Å². The first-order valence-electron chi connectivity index (χ1n) is 5.11. The van der Waals surface area contributed by atoms with Crippen LogP contribution in [0.5, 0.6) is 0 Å². The van der Waals surface area contributed by atoms with Crippen LogP contribution in [0.1, 0.15) is 19.8 Å². The van der Waals surface area contributed by atoms with Gasteiger partial charge in [-0.25, -0.2) is 4.79 Å². The summed E-state index contributed by atoms with van der Waals surface area (Å²) in [4.78, 5) is 11.7. The lowest BCUT2D eigenvalue weighted by Gasteiger charge is -2.29. The summed E-state index contributed by atoms with van der Waals surface area (Å²) in [6.07, 6.45) is 0.719. The highest BCUT2D eigenvalue weighted by Gasteiger charge is 2.56. The first-order valence-corrected chi connectivity index (χ1v) is 5.11. The van der Waals surface area contributed by atoms with Crippen molar-refractivity contribution in [2.24, 2.45) is 0 Å². The Labute approximate surface area is 94.7 Å². The van der Waals surface area contributed by atoms with E-state index < -0.39 is 17.7 Å². The summed E-state index contributed by atoms with van der Waals surface area (Å²) in [6.45, 7) is 1.98. The lowest BCUT2D eigenvalue weighted by molar-refractivity contribution is -0.392. The molecule has 0 saturated carbocycles. The second-order valence-corrected chi connectivity index (χ2v) is 3.37. The Morgan fingerprint density at radius 2 is 1.81 bits per heavy atom. The van der Waals surface area contributed by atoms with Gasteiger partial charge in [0, 0.05) is 34.2 Å². The summed E-state index contributed by atoms with van der Waals surface area (Å²) in [5.74, 6) is -3.22. The number of rotatable bonds is 5. The minimum absolute atomic E-state index is 0.264. The van der Waals surface area contributed by atoms with Gasteiger partial charge >= 0.3 is 5.97 Å². The molecule has 0 radical (unpaired) electrons. The third-order valence-electron chi connectivity index (χ3n) is 2.62. The van der Waals surface area contributed by atoms with Gasteiger partial charge in [-0.15, -0.1) is 0 Å². The van der Waals surface area contributed by atoms with Crippen LogP contribution in [0.2, 0.25) is 0 Å². The van der Waals surface area contributed by atoms with Gasteiger partial charge in [-0.3, -0.25) is 4.74 Å². The van der Waals surface area contributed by atoms with E-state index in [9.17, 15) is 4.79 Å². The SMILES string of the molecule is CCOC(=O)C1(OC)CCC(OC)(OC)O1. The summed E-state index contributed by atoms with van der Waals surface area (Å²) < 4.78 is 25.7. The zero-order valence-electron chi connectivity index (χ0n) is 10.1. The Morgan fingerprint density at radius 1 is 1.19 bits per heavy atom. The Kier molecular flexibility index (Phi) is 4.26. The van der Waals surface area contributed by atoms with Crippen molar-refractivity contribution in [3.05, 3.63) is 0 Å². The molecule has 0 aromatic rings. The van der Waals surface area contributed by atoms with Crippen LogP contribution < -0.4 is 0 Å². The predicted octanol–water partition coefficient (Wildman–Crippen LogP) is 0.649. The summed E-state index contributed by atoms with van der Waals surface area (Å²) in [7, 11) is 4.28. The second-order valence-electron chi connectivity index (χ2n) is 3.37. The molecule has 0 bridgehead atoms. The topological polar surface area (TPSA) is 63.2 Å². The standard InChI is InChI=1S/C10H18O6/c1-5-15-8(11)9(12-2)6-7-10(13-3,14-4)16-9/h5-7H2,1-4H3. The van der Waals surface area contributed by atoms with Crippen LogP contribution in [0.3, 0.4) is 0 Å². The van der Waals surface area contributed by atoms with E-state index >= 15 is 0 Å². The van der Waals surface area contributed by atoms with E-state index in [1.807, 2.05) is 0 Å². The number of hydrogen-bond acceptors (Lipinski definition) is 6. The summed E-state index contributed by atoms with van der Waals surface area (Å²) in [5.41, 5.74) is 0. The van der Waals surface area contributed by atoms with Gasteiger partial charge < -0.3 is 18.9 Å². The Hall–Kier alpha value is -0.690. The molecule has 6 heteroatoms. The van der Waals surface area contributed by atoms with Gasteiger partial charge in [-0.1, -0.05) is 0 Å². The molecule has 0 amide bonds. The fourth-order valence-corrected chi connectivity index (χ4v) is 1.65. The van der Waals surface area contributed by atoms with Crippen molar-refractivity contribution in [1.82, 2.24) is 0 Å². The smallest absolute Gasteiger partial charge is 0.367 e. The first-order chi connectivity index (χ1) is 7.58. The van der Waals surface area contributed by atoms with Crippen LogP contribution in [0.15, 0.2) is 0 Å². The first kappa shape index (κ1) is 13.4. The second kappa shape index (κ2) is 5.09. The zero-order valence-corrected chi connectivity index (χ0v) is 10.1. The molecule has 1 aliphatic rings. The van der Waals surface area contributed by atoms with Gasteiger partial charge in [-0.05, 0) is 6.92 Å². The highest BCUT2D eigenvalue weighted by Crippen LogP contribution is 2.40. The maximum Gasteiger partial charge on any atom is 0.367 e. The molecule has 1 unspecified atom stereocenters. The van der Waals surface area contributed by atoms with Crippen LogP contribution in [0.4, 0.5) is 0 Å². The largest absolute Gasteiger partial charge is 0.462 e. The normalized spacial score (nSPS) is 28.0. The molecular weight excluding hydrogens is 216 g/mol. The van der Waals surface area contributed by atoms with Crippen molar-refractivity contribution in [2.45, 2.75) is 31.5 Å². The fourth-order valence-electron chi connectivity index (χ4n) is 1.65. The molecule has 1 atom stereocenters. The average molecular weight is 234 g/mol. The molecule has 0 spiro atoms. The number of esters is 1. The van der Waals surface area contributed by atoms with Crippen molar-refractivity contribution >= 4 is 5.97 Å². The molecule has 6 nitrogen and oxygen atoms in total. The minimum atomic E-state index is -1.43. The van der Waals surface area contributed by atoms with E-state index in [-0.39, 0.29) is 6.61 Å². The molecule has 1 aliphatic heterocycles. The highest BCUT2D eigenvalue weighted by molar-refractivity contribution is 5.78. The number of methoxy groups -OCH3 is 3. The number of hydrogen-bond donors (Lipinski definition) is 0. The van der Waals surface area contributed by atoms with Gasteiger partial charge in [0.05, 0.1) is 6.61 Å². The van der Waals surface area contributed by atoms with Gasteiger partial charge in [-0.2, -0.15) is 0 Å². The maximum absolute atomic E-state index is 11.7. The van der Waals surface area contributed by atoms with E-state index in [1.165, 1.54) is 21.3 Å². The maximum atomic E-state index is 11.7. The molecule has 1 fully saturated rings. The van der Waals surface area contributed by atoms with Crippen LogP contribution in [-0.4, -0.2) is 45.7 Å². The summed E-state index contributed by atoms with van der Waals surface area (Å²) in [5, 5.41) is 0. The molecule has 16 heavy (non-hydrogen) atoms. The quantitative estimate of drug-likeness (QED) is 0.514. The van der Waals surface area contributed by atoms with Crippen LogP contribution >= 0.6 is 0 Å². The third-order valence-corrected chi connectivity index (χ3v) is 2.62. The predicted molar refractivity (Wildman–Crippen MR) is 53.4 cm³/mol. The number of ether oxygens (including phenoxy) is 5. The molecule has 0 aliphatic carbocycles. The Morgan fingerprint density at radius 3 is 2.19 bits per heavy atom. The van der Waals surface area contributed by atoms with Crippen molar-refractivity contribution in [2.75, 3.05) is 27.9 Å².